The van der Waals surface area contributed by atoms with Crippen LogP contribution in [0.3, 0.4) is 0 Å². The highest BCUT2D eigenvalue weighted by atomic mass is 16.1. The third-order valence-corrected chi connectivity index (χ3v) is 5.09. The number of rotatable bonds is 4. The maximum Gasteiger partial charge on any atom is 0.347 e. The molecular formula is C21H20N4O2. The average Bonchev–Trinajstić information content (AvgIpc) is 2.70. The van der Waals surface area contributed by atoms with E-state index in [1.807, 2.05) is 18.1 Å². The van der Waals surface area contributed by atoms with Gasteiger partial charge in [0, 0.05) is 43.1 Å². The first kappa shape index (κ1) is 17.1. The van der Waals surface area contributed by atoms with E-state index in [-0.39, 0.29) is 11.7 Å². The Labute approximate surface area is 157 Å². The maximum atomic E-state index is 11.8. The third kappa shape index (κ3) is 3.38. The Morgan fingerprint density at radius 2 is 2.11 bits per heavy atom. The molecule has 4 rings (SSSR count). The Morgan fingerprint density at radius 1 is 1.22 bits per heavy atom. The molecule has 1 unspecified atom stereocenters. The van der Waals surface area contributed by atoms with Crippen LogP contribution in [0.2, 0.25) is 0 Å². The molecule has 6 nitrogen and oxygen atoms in total. The molecule has 0 bridgehead atoms. The first-order valence-corrected chi connectivity index (χ1v) is 8.92. The molecule has 0 aliphatic carbocycles. The molecular weight excluding hydrogens is 340 g/mol. The van der Waals surface area contributed by atoms with Gasteiger partial charge in [-0.2, -0.15) is 0 Å². The number of hydrogen-bond acceptors (Lipinski definition) is 5. The summed E-state index contributed by atoms with van der Waals surface area (Å²) in [5.74, 6) is 0. The molecule has 1 atom stereocenters. The number of likely N-dealkylation sites (N-methyl/N-ethyl adjacent to an activating group) is 1. The molecule has 2 aromatic heterocycles. The number of carbonyl (C=O) groups excluding carboxylic acids is 1. The van der Waals surface area contributed by atoms with Crippen LogP contribution in [0.5, 0.6) is 0 Å². The topological polar surface area (TPSA) is 68.1 Å². The summed E-state index contributed by atoms with van der Waals surface area (Å²) in [5.41, 5.74) is 5.10. The summed E-state index contributed by atoms with van der Waals surface area (Å²) in [6, 6.07) is 10.0. The van der Waals surface area contributed by atoms with Crippen molar-refractivity contribution in [1.29, 1.82) is 0 Å². The zero-order valence-electron chi connectivity index (χ0n) is 15.1. The molecule has 3 heterocycles. The number of nitrogens with zero attached hydrogens (tertiary/aromatic N) is 4. The van der Waals surface area contributed by atoms with E-state index >= 15 is 0 Å². The average molecular weight is 360 g/mol. The summed E-state index contributed by atoms with van der Waals surface area (Å²) >= 11 is 0. The molecule has 136 valence electrons. The van der Waals surface area contributed by atoms with Crippen LogP contribution in [0.4, 0.5) is 5.69 Å². The van der Waals surface area contributed by atoms with Gasteiger partial charge in [-0.25, -0.2) is 9.78 Å². The molecule has 27 heavy (non-hydrogen) atoms. The molecule has 0 N–H and O–H groups in total. The molecule has 0 fully saturated rings. The molecule has 0 radical (unpaired) electrons. The summed E-state index contributed by atoms with van der Waals surface area (Å²) < 4.78 is 1.56. The van der Waals surface area contributed by atoms with E-state index in [9.17, 15) is 9.59 Å². The van der Waals surface area contributed by atoms with Crippen molar-refractivity contribution in [3.05, 3.63) is 76.7 Å². The van der Waals surface area contributed by atoms with Crippen LogP contribution in [-0.4, -0.2) is 33.9 Å². The first-order chi connectivity index (χ1) is 13.2. The van der Waals surface area contributed by atoms with Crippen molar-refractivity contribution in [3.63, 3.8) is 0 Å². The van der Waals surface area contributed by atoms with E-state index < -0.39 is 0 Å². The van der Waals surface area contributed by atoms with Crippen molar-refractivity contribution in [2.45, 2.75) is 25.4 Å². The Balaban J connectivity index is 1.64. The predicted octanol–water partition coefficient (Wildman–Crippen LogP) is 2.30. The number of aryl methyl sites for hydroxylation is 1. The zero-order chi connectivity index (χ0) is 18.8. The van der Waals surface area contributed by atoms with Gasteiger partial charge < -0.3 is 9.69 Å². The molecule has 0 saturated carbocycles. The molecule has 3 aromatic rings. The second-order valence-electron chi connectivity index (χ2n) is 6.81. The van der Waals surface area contributed by atoms with Crippen molar-refractivity contribution in [2.24, 2.45) is 0 Å². The fourth-order valence-electron chi connectivity index (χ4n) is 3.58. The van der Waals surface area contributed by atoms with Gasteiger partial charge in [-0.3, -0.25) is 9.55 Å². The fraction of sp³-hybridized carbons (Fsp3) is 0.238. The largest absolute Gasteiger partial charge is 0.365 e. The second kappa shape index (κ2) is 7.15. The molecule has 6 heteroatoms. The standard InChI is InChI=1S/C21H20N4O2/c1-24-19(14-26)5-3-17-10-16(4-6-20(17)24)18-9-15(11-22-12-18)13-25-8-2-7-23-21(25)27/h2,4,6-12,14,19H,3,5,13H2,1H3. The van der Waals surface area contributed by atoms with Crippen LogP contribution in [-0.2, 0) is 17.8 Å². The van der Waals surface area contributed by atoms with Gasteiger partial charge in [-0.05, 0) is 53.8 Å². The van der Waals surface area contributed by atoms with Gasteiger partial charge in [0.1, 0.15) is 6.29 Å². The zero-order valence-corrected chi connectivity index (χ0v) is 15.1. The van der Waals surface area contributed by atoms with Gasteiger partial charge in [0.15, 0.2) is 0 Å². The van der Waals surface area contributed by atoms with Crippen LogP contribution in [0.25, 0.3) is 11.1 Å². The summed E-state index contributed by atoms with van der Waals surface area (Å²) in [4.78, 5) is 33.2. The molecule has 0 amide bonds. The number of anilines is 1. The number of carbonyl (C=O) groups is 1. The Bertz CT molecular complexity index is 1040. The number of hydrogen-bond donors (Lipinski definition) is 0. The Morgan fingerprint density at radius 3 is 2.93 bits per heavy atom. The van der Waals surface area contributed by atoms with Gasteiger partial charge in [0.2, 0.25) is 0 Å². The lowest BCUT2D eigenvalue weighted by atomic mass is 9.93. The smallest absolute Gasteiger partial charge is 0.347 e. The van der Waals surface area contributed by atoms with E-state index in [0.29, 0.717) is 6.54 Å². The molecule has 0 spiro atoms. The van der Waals surface area contributed by atoms with Gasteiger partial charge in [-0.15, -0.1) is 0 Å². The van der Waals surface area contributed by atoms with Crippen LogP contribution < -0.4 is 10.6 Å². The number of pyridine rings is 1. The minimum absolute atomic E-state index is 0.0499. The van der Waals surface area contributed by atoms with Gasteiger partial charge in [0.25, 0.3) is 0 Å². The van der Waals surface area contributed by atoms with E-state index in [0.717, 1.165) is 41.5 Å². The van der Waals surface area contributed by atoms with Crippen LogP contribution in [0, 0.1) is 0 Å². The number of fused-ring (bicyclic) bond motifs is 1. The van der Waals surface area contributed by atoms with E-state index in [4.69, 9.17) is 0 Å². The Hall–Kier alpha value is -3.28. The van der Waals surface area contributed by atoms with Gasteiger partial charge >= 0.3 is 5.69 Å². The van der Waals surface area contributed by atoms with E-state index in [2.05, 4.69) is 34.2 Å². The molecule has 1 aromatic carbocycles. The molecule has 0 saturated heterocycles. The normalized spacial score (nSPS) is 16.0. The molecule has 1 aliphatic rings. The lowest BCUT2D eigenvalue weighted by Crippen LogP contribution is -2.37. The van der Waals surface area contributed by atoms with Crippen molar-refractivity contribution in [3.8, 4) is 11.1 Å². The highest BCUT2D eigenvalue weighted by Crippen LogP contribution is 2.32. The lowest BCUT2D eigenvalue weighted by molar-refractivity contribution is -0.109. The van der Waals surface area contributed by atoms with Crippen LogP contribution in [0.15, 0.2) is 59.9 Å². The number of benzene rings is 1. The predicted molar refractivity (Wildman–Crippen MR) is 104 cm³/mol. The third-order valence-electron chi connectivity index (χ3n) is 5.09. The summed E-state index contributed by atoms with van der Waals surface area (Å²) in [7, 11) is 1.96. The number of aldehydes is 1. The van der Waals surface area contributed by atoms with Crippen molar-refractivity contribution < 1.29 is 4.79 Å². The maximum absolute atomic E-state index is 11.8. The minimum atomic E-state index is -0.274. The molecule has 1 aliphatic heterocycles. The lowest BCUT2D eigenvalue weighted by Gasteiger charge is -2.33. The van der Waals surface area contributed by atoms with Crippen molar-refractivity contribution >= 4 is 12.0 Å². The summed E-state index contributed by atoms with van der Waals surface area (Å²) in [6.07, 6.45) is 9.55. The van der Waals surface area contributed by atoms with Crippen molar-refractivity contribution in [1.82, 2.24) is 14.5 Å². The van der Waals surface area contributed by atoms with E-state index in [1.54, 1.807) is 23.0 Å². The van der Waals surface area contributed by atoms with Crippen LogP contribution in [0.1, 0.15) is 17.5 Å². The highest BCUT2D eigenvalue weighted by molar-refractivity contribution is 5.73. The highest BCUT2D eigenvalue weighted by Gasteiger charge is 2.23. The monoisotopic (exact) mass is 360 g/mol. The SMILES string of the molecule is CN1c2ccc(-c3cncc(Cn4cccnc4=O)c3)cc2CCC1C=O. The minimum Gasteiger partial charge on any atom is -0.365 e. The van der Waals surface area contributed by atoms with Crippen molar-refractivity contribution in [2.75, 3.05) is 11.9 Å². The van der Waals surface area contributed by atoms with E-state index in [1.165, 1.54) is 11.8 Å². The second-order valence-corrected chi connectivity index (χ2v) is 6.81. The first-order valence-electron chi connectivity index (χ1n) is 8.92. The van der Waals surface area contributed by atoms with Gasteiger partial charge in [0.05, 0.1) is 12.6 Å². The summed E-state index contributed by atoms with van der Waals surface area (Å²) in [6.45, 7) is 0.433. The summed E-state index contributed by atoms with van der Waals surface area (Å²) in [5, 5.41) is 0. The van der Waals surface area contributed by atoms with Crippen LogP contribution >= 0.6 is 0 Å². The Kier molecular flexibility index (Phi) is 4.54. The van der Waals surface area contributed by atoms with Gasteiger partial charge in [-0.1, -0.05) is 6.07 Å². The number of aromatic nitrogens is 3. The quantitative estimate of drug-likeness (QED) is 0.668. The fourth-order valence-corrected chi connectivity index (χ4v) is 3.58.